The molecule has 0 amide bonds. The summed E-state index contributed by atoms with van der Waals surface area (Å²) in [6.45, 7) is 2.53. The van der Waals surface area contributed by atoms with Gasteiger partial charge in [-0.2, -0.15) is 9.97 Å². The van der Waals surface area contributed by atoms with Gasteiger partial charge in [-0.3, -0.25) is 5.43 Å². The van der Waals surface area contributed by atoms with Gasteiger partial charge < -0.3 is 0 Å². The fourth-order valence-corrected chi connectivity index (χ4v) is 2.54. The minimum absolute atomic E-state index is 0.253. The molecule has 7 heteroatoms. The Hall–Kier alpha value is -2.70. The molecule has 2 aromatic carbocycles. The molecule has 0 saturated carbocycles. The van der Waals surface area contributed by atoms with Crippen LogP contribution in [0.4, 0.5) is 5.95 Å². The molecule has 0 fully saturated rings. The largest absolute Gasteiger partial charge is 0.356 e. The Morgan fingerprint density at radius 1 is 1.04 bits per heavy atom. The zero-order valence-electron chi connectivity index (χ0n) is 13.7. The van der Waals surface area contributed by atoms with E-state index in [0.717, 1.165) is 5.56 Å². The molecule has 0 unspecified atom stereocenters. The number of aromatic nitrogens is 3. The summed E-state index contributed by atoms with van der Waals surface area (Å²) >= 11 is 5.91. The van der Waals surface area contributed by atoms with Crippen LogP contribution in [-0.4, -0.2) is 14.5 Å². The van der Waals surface area contributed by atoms with Crippen LogP contribution in [0, 0.1) is 0 Å². The third-order valence-electron chi connectivity index (χ3n) is 3.62. The summed E-state index contributed by atoms with van der Waals surface area (Å²) in [5.74, 6) is 0.870. The van der Waals surface area contributed by atoms with Crippen LogP contribution in [0.5, 0.6) is 0 Å². The number of hydrogen-bond acceptors (Lipinski definition) is 5. The number of nitrogens with one attached hydrogen (secondary N) is 2. The average molecular weight is 356 g/mol. The molecule has 0 spiro atoms. The van der Waals surface area contributed by atoms with E-state index in [4.69, 9.17) is 11.6 Å². The Balaban J connectivity index is 1.79. The maximum atomic E-state index is 12.4. The summed E-state index contributed by atoms with van der Waals surface area (Å²) in [6.07, 6.45) is 0.591. The summed E-state index contributed by atoms with van der Waals surface area (Å²) in [7, 11) is 0. The van der Waals surface area contributed by atoms with E-state index < -0.39 is 5.69 Å². The SMILES string of the molecule is CCc1nc(NNCc2ccccc2)nc(=O)n1-c1ccc(Cl)cc1. The summed E-state index contributed by atoms with van der Waals surface area (Å²) < 4.78 is 1.48. The Bertz CT molecular complexity index is 894. The highest BCUT2D eigenvalue weighted by molar-refractivity contribution is 6.30. The average Bonchev–Trinajstić information content (AvgIpc) is 2.63. The van der Waals surface area contributed by atoms with E-state index >= 15 is 0 Å². The van der Waals surface area contributed by atoms with Crippen LogP contribution in [0.1, 0.15) is 18.3 Å². The first-order valence-electron chi connectivity index (χ1n) is 7.96. The monoisotopic (exact) mass is 355 g/mol. The van der Waals surface area contributed by atoms with Crippen molar-refractivity contribution in [2.24, 2.45) is 0 Å². The molecule has 1 heterocycles. The van der Waals surface area contributed by atoms with Gasteiger partial charge in [-0.05, 0) is 29.8 Å². The van der Waals surface area contributed by atoms with Crippen LogP contribution in [0.15, 0.2) is 59.4 Å². The number of nitrogens with zero attached hydrogens (tertiary/aromatic N) is 3. The Morgan fingerprint density at radius 3 is 2.44 bits per heavy atom. The summed E-state index contributed by atoms with van der Waals surface area (Å²) in [5, 5.41) is 0.610. The van der Waals surface area contributed by atoms with E-state index in [2.05, 4.69) is 20.8 Å². The van der Waals surface area contributed by atoms with Crippen LogP contribution >= 0.6 is 11.6 Å². The molecular weight excluding hydrogens is 338 g/mol. The topological polar surface area (TPSA) is 71.8 Å². The molecule has 128 valence electrons. The van der Waals surface area contributed by atoms with Crippen LogP contribution in [0.3, 0.4) is 0 Å². The Labute approximate surface area is 150 Å². The second-order valence-electron chi connectivity index (χ2n) is 5.38. The molecule has 0 saturated heterocycles. The number of halogens is 1. The van der Waals surface area contributed by atoms with Gasteiger partial charge in [0.05, 0.1) is 5.69 Å². The van der Waals surface area contributed by atoms with E-state index in [-0.39, 0.29) is 5.95 Å². The summed E-state index contributed by atoms with van der Waals surface area (Å²) in [6, 6.07) is 16.9. The van der Waals surface area contributed by atoms with E-state index in [9.17, 15) is 4.79 Å². The fraction of sp³-hybridized carbons (Fsp3) is 0.167. The van der Waals surface area contributed by atoms with E-state index in [1.54, 1.807) is 24.3 Å². The molecule has 6 nitrogen and oxygen atoms in total. The lowest BCUT2D eigenvalue weighted by molar-refractivity contribution is 0.735. The van der Waals surface area contributed by atoms with Gasteiger partial charge in [-0.15, -0.1) is 0 Å². The lowest BCUT2D eigenvalue weighted by Gasteiger charge is -2.13. The van der Waals surface area contributed by atoms with Crippen molar-refractivity contribution < 1.29 is 0 Å². The number of hydrazine groups is 1. The number of anilines is 1. The quantitative estimate of drug-likeness (QED) is 0.665. The van der Waals surface area contributed by atoms with E-state index in [1.807, 2.05) is 37.3 Å². The number of aryl methyl sites for hydroxylation is 1. The number of hydrogen-bond donors (Lipinski definition) is 2. The van der Waals surface area contributed by atoms with Crippen molar-refractivity contribution in [3.05, 3.63) is 81.5 Å². The van der Waals surface area contributed by atoms with Crippen molar-refractivity contribution in [3.8, 4) is 5.69 Å². The Kier molecular flexibility index (Phi) is 5.42. The molecule has 1 aromatic heterocycles. The van der Waals surface area contributed by atoms with Crippen molar-refractivity contribution in [1.82, 2.24) is 20.0 Å². The van der Waals surface area contributed by atoms with Crippen LogP contribution < -0.4 is 16.5 Å². The lowest BCUT2D eigenvalue weighted by Crippen LogP contribution is -2.30. The normalized spacial score (nSPS) is 10.6. The van der Waals surface area contributed by atoms with Gasteiger partial charge in [0.1, 0.15) is 5.82 Å². The molecule has 0 bridgehead atoms. The highest BCUT2D eigenvalue weighted by Crippen LogP contribution is 2.13. The van der Waals surface area contributed by atoms with Crippen molar-refractivity contribution >= 4 is 17.5 Å². The van der Waals surface area contributed by atoms with Gasteiger partial charge in [0.2, 0.25) is 5.95 Å². The van der Waals surface area contributed by atoms with E-state index in [0.29, 0.717) is 29.5 Å². The van der Waals surface area contributed by atoms with Crippen LogP contribution in [-0.2, 0) is 13.0 Å². The highest BCUT2D eigenvalue weighted by atomic mass is 35.5. The molecule has 3 aromatic rings. The predicted octanol–water partition coefficient (Wildman–Crippen LogP) is 2.96. The van der Waals surface area contributed by atoms with Gasteiger partial charge in [-0.1, -0.05) is 48.9 Å². The van der Waals surface area contributed by atoms with Gasteiger partial charge >= 0.3 is 5.69 Å². The summed E-state index contributed by atoms with van der Waals surface area (Å²) in [4.78, 5) is 20.9. The minimum Gasteiger partial charge on any atom is -0.289 e. The van der Waals surface area contributed by atoms with Gasteiger partial charge in [0.25, 0.3) is 0 Å². The first-order valence-corrected chi connectivity index (χ1v) is 8.34. The third-order valence-corrected chi connectivity index (χ3v) is 3.87. The molecule has 3 rings (SSSR count). The zero-order valence-corrected chi connectivity index (χ0v) is 14.5. The van der Waals surface area contributed by atoms with Gasteiger partial charge in [0.15, 0.2) is 0 Å². The zero-order chi connectivity index (χ0) is 17.6. The standard InChI is InChI=1S/C18H18ClN5O/c1-2-16-21-17(23-20-12-13-6-4-3-5-7-13)22-18(25)24(16)15-10-8-14(19)9-11-15/h3-11,20H,2,12H2,1H3,(H,22,23,25). The highest BCUT2D eigenvalue weighted by Gasteiger charge is 2.10. The summed E-state index contributed by atoms with van der Waals surface area (Å²) in [5.41, 5.74) is 7.32. The van der Waals surface area contributed by atoms with Crippen molar-refractivity contribution in [3.63, 3.8) is 0 Å². The first kappa shape index (κ1) is 17.1. The van der Waals surface area contributed by atoms with Crippen molar-refractivity contribution in [2.45, 2.75) is 19.9 Å². The Morgan fingerprint density at radius 2 is 1.76 bits per heavy atom. The molecule has 0 aliphatic heterocycles. The first-order chi connectivity index (χ1) is 12.2. The van der Waals surface area contributed by atoms with Crippen LogP contribution in [0.25, 0.3) is 5.69 Å². The fourth-order valence-electron chi connectivity index (χ4n) is 2.41. The van der Waals surface area contributed by atoms with Crippen molar-refractivity contribution in [2.75, 3.05) is 5.43 Å². The molecule has 0 atom stereocenters. The number of rotatable bonds is 6. The maximum Gasteiger partial charge on any atom is 0.356 e. The molecular formula is C18H18ClN5O. The molecule has 0 aliphatic rings. The molecule has 0 radical (unpaired) electrons. The molecule has 2 N–H and O–H groups in total. The van der Waals surface area contributed by atoms with Crippen LogP contribution in [0.2, 0.25) is 5.02 Å². The molecule has 0 aliphatic carbocycles. The third kappa shape index (κ3) is 4.23. The molecule has 25 heavy (non-hydrogen) atoms. The number of benzene rings is 2. The van der Waals surface area contributed by atoms with Gasteiger partial charge in [-0.25, -0.2) is 14.8 Å². The van der Waals surface area contributed by atoms with Crippen molar-refractivity contribution in [1.29, 1.82) is 0 Å². The predicted molar refractivity (Wildman–Crippen MR) is 98.9 cm³/mol. The lowest BCUT2D eigenvalue weighted by atomic mass is 10.2. The maximum absolute atomic E-state index is 12.4. The minimum atomic E-state index is -0.391. The second-order valence-corrected chi connectivity index (χ2v) is 5.81. The second kappa shape index (κ2) is 7.92. The van der Waals surface area contributed by atoms with Gasteiger partial charge in [0, 0.05) is 18.0 Å². The smallest absolute Gasteiger partial charge is 0.289 e. The van der Waals surface area contributed by atoms with E-state index in [1.165, 1.54) is 4.57 Å².